The molecule has 0 aliphatic heterocycles. The number of allylic oxidation sites excluding steroid dienone is 3. The molecule has 40 heavy (non-hydrogen) atoms. The third-order valence-corrected chi connectivity index (χ3v) is 6.12. The van der Waals surface area contributed by atoms with Gasteiger partial charge < -0.3 is 5.32 Å². The number of nitrogens with zero attached hydrogens (tertiary/aromatic N) is 1. The Balaban J connectivity index is -0.000000391. The van der Waals surface area contributed by atoms with Gasteiger partial charge in [-0.2, -0.15) is 0 Å². The first kappa shape index (κ1) is 44.7. The molecule has 2 aliphatic rings. The number of unbranched alkanes of at least 4 members (excludes halogenated alkanes) is 2. The summed E-state index contributed by atoms with van der Waals surface area (Å²) in [7, 11) is 0. The average molecular weight is 555 g/mol. The van der Waals surface area contributed by atoms with Crippen LogP contribution >= 0.6 is 0 Å². The molecular weight excluding hydrogens is 484 g/mol. The molecule has 0 heterocycles. The van der Waals surface area contributed by atoms with E-state index in [1.165, 1.54) is 61.0 Å². The van der Waals surface area contributed by atoms with E-state index in [1.54, 1.807) is 0 Å². The predicted molar refractivity (Wildman–Crippen MR) is 189 cm³/mol. The number of aliphatic imine (C=N–C) groups is 1. The Bertz CT molecular complexity index is 772. The normalized spacial score (nSPS) is 15.6. The van der Waals surface area contributed by atoms with Crippen LogP contribution in [0.5, 0.6) is 0 Å². The van der Waals surface area contributed by atoms with Gasteiger partial charge in [-0.1, -0.05) is 111 Å². The van der Waals surface area contributed by atoms with Crippen molar-refractivity contribution < 1.29 is 0 Å². The summed E-state index contributed by atoms with van der Waals surface area (Å²) in [6, 6.07) is 0.226. The Labute approximate surface area is 253 Å². The van der Waals surface area contributed by atoms with Crippen LogP contribution in [0.15, 0.2) is 83.4 Å². The van der Waals surface area contributed by atoms with Gasteiger partial charge in [0.25, 0.3) is 0 Å². The van der Waals surface area contributed by atoms with Gasteiger partial charge >= 0.3 is 0 Å². The zero-order valence-corrected chi connectivity index (χ0v) is 29.2. The van der Waals surface area contributed by atoms with Crippen LogP contribution in [0.3, 0.4) is 0 Å². The summed E-state index contributed by atoms with van der Waals surface area (Å²) in [4.78, 5) is 4.81. The molecule has 0 bridgehead atoms. The van der Waals surface area contributed by atoms with Crippen LogP contribution in [0.1, 0.15) is 147 Å². The third-order valence-electron chi connectivity index (χ3n) is 6.12. The lowest BCUT2D eigenvalue weighted by Crippen LogP contribution is -2.30. The standard InChI is InChI=1S/C24H34N2.2C4H10.2C2H6.C2H4/c1-7-23(25-19(5)22-14-15-22)20(6)26-24-16-21(12-8-10-17(2)3)13-9-11-18(24)4;2*1-3-4-2;3*1-2/h7,9,13,22,24,26H,2,6,8,10,12,14-16H2,1,3-5H3;2*3-4H2,1-2H3;2*1-2H3;1-2H2/b23-7-,25-19?;;;;;. The summed E-state index contributed by atoms with van der Waals surface area (Å²) in [5.74, 6) is 0.683. The van der Waals surface area contributed by atoms with Crippen LogP contribution in [-0.4, -0.2) is 11.8 Å². The Morgan fingerprint density at radius 3 is 1.88 bits per heavy atom. The first-order valence-electron chi connectivity index (χ1n) is 16.2. The molecular formula is C38H70N2. The second-order valence-electron chi connectivity index (χ2n) is 9.71. The van der Waals surface area contributed by atoms with Crippen molar-refractivity contribution in [3.8, 4) is 0 Å². The molecule has 1 unspecified atom stereocenters. The zero-order valence-electron chi connectivity index (χ0n) is 29.2. The van der Waals surface area contributed by atoms with Gasteiger partial charge in [-0.25, -0.2) is 0 Å². The van der Waals surface area contributed by atoms with E-state index in [2.05, 4.69) is 104 Å². The van der Waals surface area contributed by atoms with Crippen LogP contribution in [0.25, 0.3) is 0 Å². The molecule has 0 spiro atoms. The van der Waals surface area contributed by atoms with Gasteiger partial charge in [0.05, 0.1) is 17.4 Å². The molecule has 2 nitrogen and oxygen atoms in total. The molecule has 0 aromatic rings. The molecule has 1 saturated carbocycles. The summed E-state index contributed by atoms with van der Waals surface area (Å²) >= 11 is 0. The average Bonchev–Trinajstić information content (AvgIpc) is 3.85. The zero-order chi connectivity index (χ0) is 31.9. The third kappa shape index (κ3) is 25.9. The highest BCUT2D eigenvalue weighted by molar-refractivity contribution is 5.87. The Kier molecular flexibility index (Phi) is 36.8. The predicted octanol–water partition coefficient (Wildman–Crippen LogP) is 12.9. The SMILES string of the molecule is C=C.C=C(C)CCCC1=CC=C=C(C)C(NC(=C)/C(=C/C)N=C(C)C2CC2)C1.CC.CC.CCCC.CCCC. The van der Waals surface area contributed by atoms with Crippen molar-refractivity contribution in [3.63, 3.8) is 0 Å². The van der Waals surface area contributed by atoms with Crippen molar-refractivity contribution in [1.82, 2.24) is 5.32 Å². The van der Waals surface area contributed by atoms with Crippen molar-refractivity contribution in [2.45, 2.75) is 153 Å². The molecule has 2 heteroatoms. The van der Waals surface area contributed by atoms with Gasteiger partial charge in [-0.05, 0) is 83.8 Å². The number of nitrogens with one attached hydrogen (secondary N) is 1. The van der Waals surface area contributed by atoms with E-state index in [9.17, 15) is 0 Å². The van der Waals surface area contributed by atoms with Crippen LogP contribution in [0.2, 0.25) is 0 Å². The molecule has 232 valence electrons. The van der Waals surface area contributed by atoms with Crippen molar-refractivity contribution in [2.24, 2.45) is 10.9 Å². The highest BCUT2D eigenvalue weighted by Gasteiger charge is 2.25. The molecule has 1 atom stereocenters. The quantitative estimate of drug-likeness (QED) is 0.117. The molecule has 0 amide bonds. The van der Waals surface area contributed by atoms with Crippen LogP contribution in [-0.2, 0) is 0 Å². The topological polar surface area (TPSA) is 24.4 Å². The number of hydrogen-bond acceptors (Lipinski definition) is 2. The molecule has 0 saturated heterocycles. The lowest BCUT2D eigenvalue weighted by molar-refractivity contribution is 0.618. The van der Waals surface area contributed by atoms with Crippen LogP contribution in [0.4, 0.5) is 0 Å². The Hall–Kier alpha value is -2.31. The highest BCUT2D eigenvalue weighted by Crippen LogP contribution is 2.31. The summed E-state index contributed by atoms with van der Waals surface area (Å²) < 4.78 is 0. The summed E-state index contributed by atoms with van der Waals surface area (Å²) in [5.41, 5.74) is 10.4. The van der Waals surface area contributed by atoms with Gasteiger partial charge in [-0.15, -0.1) is 25.5 Å². The van der Waals surface area contributed by atoms with Gasteiger partial charge in [0.15, 0.2) is 0 Å². The van der Waals surface area contributed by atoms with Gasteiger partial charge in [0.2, 0.25) is 0 Å². The van der Waals surface area contributed by atoms with Crippen LogP contribution in [0, 0.1) is 5.92 Å². The van der Waals surface area contributed by atoms with Crippen molar-refractivity contribution in [3.05, 3.63) is 78.4 Å². The van der Waals surface area contributed by atoms with Crippen molar-refractivity contribution >= 4 is 5.71 Å². The summed E-state index contributed by atoms with van der Waals surface area (Å²) in [6.45, 7) is 39.4. The molecule has 0 aromatic heterocycles. The lowest BCUT2D eigenvalue weighted by Gasteiger charge is -2.22. The maximum atomic E-state index is 4.81. The summed E-state index contributed by atoms with van der Waals surface area (Å²) in [5, 5.41) is 3.61. The largest absolute Gasteiger partial charge is 0.376 e. The van der Waals surface area contributed by atoms with Gasteiger partial charge in [0.1, 0.15) is 0 Å². The molecule has 0 radical (unpaired) electrons. The fraction of sp³-hybridized carbons (Fsp3) is 0.632. The monoisotopic (exact) mass is 555 g/mol. The maximum Gasteiger partial charge on any atom is 0.0811 e. The first-order chi connectivity index (χ1) is 19.2. The minimum absolute atomic E-state index is 0.226. The molecule has 2 rings (SSSR count). The van der Waals surface area contributed by atoms with Crippen LogP contribution < -0.4 is 5.32 Å². The fourth-order valence-corrected chi connectivity index (χ4v) is 3.21. The lowest BCUT2D eigenvalue weighted by atomic mass is 9.97. The second kappa shape index (κ2) is 32.9. The van der Waals surface area contributed by atoms with Crippen molar-refractivity contribution in [2.75, 3.05) is 0 Å². The van der Waals surface area contributed by atoms with E-state index in [-0.39, 0.29) is 6.04 Å². The van der Waals surface area contributed by atoms with E-state index >= 15 is 0 Å². The molecule has 1 fully saturated rings. The minimum atomic E-state index is 0.226. The van der Waals surface area contributed by atoms with E-state index in [1.807, 2.05) is 34.6 Å². The summed E-state index contributed by atoms with van der Waals surface area (Å²) in [6.07, 6.45) is 18.5. The number of hydrogen-bond donors (Lipinski definition) is 1. The van der Waals surface area contributed by atoms with Crippen molar-refractivity contribution in [1.29, 1.82) is 0 Å². The van der Waals surface area contributed by atoms with Gasteiger partial charge in [0, 0.05) is 5.71 Å². The Morgan fingerprint density at radius 1 is 0.975 bits per heavy atom. The fourth-order valence-electron chi connectivity index (χ4n) is 3.21. The second-order valence-corrected chi connectivity index (χ2v) is 9.71. The smallest absolute Gasteiger partial charge is 0.0811 e. The van der Waals surface area contributed by atoms with E-state index in [0.29, 0.717) is 5.92 Å². The Morgan fingerprint density at radius 2 is 1.48 bits per heavy atom. The van der Waals surface area contributed by atoms with E-state index < -0.39 is 0 Å². The maximum absolute atomic E-state index is 4.81. The first-order valence-corrected chi connectivity index (χ1v) is 16.2. The number of rotatable bonds is 11. The van der Waals surface area contributed by atoms with E-state index in [4.69, 9.17) is 4.99 Å². The molecule has 0 aromatic carbocycles. The van der Waals surface area contributed by atoms with E-state index in [0.717, 1.165) is 37.1 Å². The van der Waals surface area contributed by atoms with Gasteiger partial charge in [-0.3, -0.25) is 4.99 Å². The minimum Gasteiger partial charge on any atom is -0.376 e. The highest BCUT2D eigenvalue weighted by atomic mass is 15.0. The molecule has 2 aliphatic carbocycles. The molecule has 1 N–H and O–H groups in total.